The molecule has 0 aliphatic carbocycles. The van der Waals surface area contributed by atoms with Crippen molar-refractivity contribution in [3.05, 3.63) is 42.2 Å². The number of hydrogen-bond donors (Lipinski definition) is 0. The molecule has 0 unspecified atom stereocenters. The number of anilines is 1. The lowest BCUT2D eigenvalue weighted by atomic mass is 10.2. The monoisotopic (exact) mass is 201 g/mol. The first-order chi connectivity index (χ1) is 7.24. The number of benzene rings is 1. The number of ether oxygens (including phenoxy) is 1. The Labute approximate surface area is 91.2 Å². The minimum Gasteiger partial charge on any atom is -0.504 e. The van der Waals surface area contributed by atoms with Crippen molar-refractivity contribution in [2.45, 2.75) is 0 Å². The summed E-state index contributed by atoms with van der Waals surface area (Å²) in [4.78, 5) is 2.06. The molecule has 0 atom stereocenters. The Morgan fingerprint density at radius 3 is 2.40 bits per heavy atom. The Bertz CT molecular complexity index is 379. The molecule has 2 nitrogen and oxygen atoms in total. The van der Waals surface area contributed by atoms with Gasteiger partial charge in [-0.1, -0.05) is 11.8 Å². The average molecular weight is 201 g/mol. The zero-order chi connectivity index (χ0) is 11.1. The van der Waals surface area contributed by atoms with Gasteiger partial charge in [-0.25, -0.2) is 0 Å². The third-order valence-corrected chi connectivity index (χ3v) is 1.89. The van der Waals surface area contributed by atoms with Gasteiger partial charge in [0.1, 0.15) is 0 Å². The van der Waals surface area contributed by atoms with Gasteiger partial charge in [0.05, 0.1) is 13.4 Å². The summed E-state index contributed by atoms with van der Waals surface area (Å²) in [7, 11) is 5.63. The molecule has 0 N–H and O–H groups in total. The molecule has 0 saturated heterocycles. The molecule has 1 aromatic carbocycles. The van der Waals surface area contributed by atoms with E-state index in [1.807, 2.05) is 38.4 Å². The summed E-state index contributed by atoms with van der Waals surface area (Å²) in [5.74, 6) is 5.89. The van der Waals surface area contributed by atoms with Gasteiger partial charge in [-0.05, 0) is 24.3 Å². The second-order valence-corrected chi connectivity index (χ2v) is 3.25. The Balaban J connectivity index is 2.71. The molecule has 0 aliphatic rings. The highest BCUT2D eigenvalue weighted by Crippen LogP contribution is 2.11. The van der Waals surface area contributed by atoms with Crippen molar-refractivity contribution in [3.63, 3.8) is 0 Å². The van der Waals surface area contributed by atoms with Crippen LogP contribution in [0.25, 0.3) is 0 Å². The van der Waals surface area contributed by atoms with E-state index >= 15 is 0 Å². The summed E-state index contributed by atoms with van der Waals surface area (Å²) < 4.78 is 4.74. The zero-order valence-electron chi connectivity index (χ0n) is 9.32. The van der Waals surface area contributed by atoms with Crippen molar-refractivity contribution >= 4 is 5.69 Å². The molecule has 0 spiro atoms. The second-order valence-electron chi connectivity index (χ2n) is 3.25. The number of allylic oxidation sites excluding steroid dienone is 1. The fourth-order valence-corrected chi connectivity index (χ4v) is 1.07. The van der Waals surface area contributed by atoms with E-state index in [9.17, 15) is 0 Å². The van der Waals surface area contributed by atoms with E-state index in [1.54, 1.807) is 19.4 Å². The Kier molecular flexibility index (Phi) is 4.30. The predicted molar refractivity (Wildman–Crippen MR) is 63.8 cm³/mol. The first-order valence-corrected chi connectivity index (χ1v) is 4.71. The lowest BCUT2D eigenvalue weighted by molar-refractivity contribution is 0.338. The SMILES string of the molecule is CO/C=C/C#Cc1ccc(N(C)C)cc1. The van der Waals surface area contributed by atoms with Crippen LogP contribution >= 0.6 is 0 Å². The summed E-state index contributed by atoms with van der Waals surface area (Å²) >= 11 is 0. The predicted octanol–water partition coefficient (Wildman–Crippen LogP) is 2.26. The molecule has 0 radical (unpaired) electrons. The van der Waals surface area contributed by atoms with Gasteiger partial charge in [-0.15, -0.1) is 0 Å². The molecular formula is C13H15NO. The standard InChI is InChI=1S/C13H15NO/c1-14(2)13-9-7-12(8-10-13)6-4-5-11-15-3/h5,7-11H,1-3H3/b11-5+. The highest BCUT2D eigenvalue weighted by Gasteiger charge is 1.92. The Morgan fingerprint density at radius 2 is 1.87 bits per heavy atom. The van der Waals surface area contributed by atoms with Gasteiger partial charge in [0.15, 0.2) is 0 Å². The molecule has 0 aromatic heterocycles. The molecule has 2 heteroatoms. The Morgan fingerprint density at radius 1 is 1.20 bits per heavy atom. The van der Waals surface area contributed by atoms with Crippen LogP contribution < -0.4 is 4.90 Å². The highest BCUT2D eigenvalue weighted by atomic mass is 16.5. The van der Waals surface area contributed by atoms with Crippen molar-refractivity contribution in [3.8, 4) is 11.8 Å². The molecule has 0 amide bonds. The van der Waals surface area contributed by atoms with Crippen molar-refractivity contribution in [2.24, 2.45) is 0 Å². The van der Waals surface area contributed by atoms with Gasteiger partial charge >= 0.3 is 0 Å². The molecule has 1 aromatic rings. The van der Waals surface area contributed by atoms with Crippen LogP contribution in [-0.2, 0) is 4.74 Å². The molecule has 78 valence electrons. The smallest absolute Gasteiger partial charge is 0.0908 e. The largest absolute Gasteiger partial charge is 0.504 e. The minimum atomic E-state index is 1.00. The number of rotatable bonds is 2. The molecule has 0 aliphatic heterocycles. The number of nitrogens with zero attached hydrogens (tertiary/aromatic N) is 1. The van der Waals surface area contributed by atoms with Crippen LogP contribution in [0, 0.1) is 11.8 Å². The molecule has 0 bridgehead atoms. The summed E-state index contributed by atoms with van der Waals surface area (Å²) in [6.45, 7) is 0. The van der Waals surface area contributed by atoms with Crippen LogP contribution in [0.5, 0.6) is 0 Å². The van der Waals surface area contributed by atoms with Crippen molar-refractivity contribution < 1.29 is 4.74 Å². The van der Waals surface area contributed by atoms with E-state index in [0.717, 1.165) is 5.56 Å². The van der Waals surface area contributed by atoms with Crippen LogP contribution in [0.3, 0.4) is 0 Å². The topological polar surface area (TPSA) is 12.5 Å². The maximum absolute atomic E-state index is 4.74. The summed E-state index contributed by atoms with van der Waals surface area (Å²) in [6, 6.07) is 8.10. The first kappa shape index (κ1) is 11.2. The highest BCUT2D eigenvalue weighted by molar-refractivity contribution is 5.49. The van der Waals surface area contributed by atoms with Crippen LogP contribution in [0.1, 0.15) is 5.56 Å². The van der Waals surface area contributed by atoms with Gasteiger partial charge < -0.3 is 9.64 Å². The van der Waals surface area contributed by atoms with Gasteiger partial charge in [0, 0.05) is 31.4 Å². The van der Waals surface area contributed by atoms with E-state index in [2.05, 4.69) is 16.7 Å². The van der Waals surface area contributed by atoms with Gasteiger partial charge in [-0.3, -0.25) is 0 Å². The Hall–Kier alpha value is -1.88. The molecule has 0 saturated carbocycles. The van der Waals surface area contributed by atoms with Gasteiger partial charge in [0.25, 0.3) is 0 Å². The van der Waals surface area contributed by atoms with Crippen molar-refractivity contribution in [2.75, 3.05) is 26.1 Å². The fourth-order valence-electron chi connectivity index (χ4n) is 1.07. The van der Waals surface area contributed by atoms with Crippen molar-refractivity contribution in [1.29, 1.82) is 0 Å². The fraction of sp³-hybridized carbons (Fsp3) is 0.231. The lowest BCUT2D eigenvalue weighted by Crippen LogP contribution is -2.07. The normalized spacial score (nSPS) is 9.53. The molecule has 0 heterocycles. The lowest BCUT2D eigenvalue weighted by Gasteiger charge is -2.11. The molecule has 1 rings (SSSR count). The maximum Gasteiger partial charge on any atom is 0.0908 e. The maximum atomic E-state index is 4.74. The minimum absolute atomic E-state index is 1.00. The van der Waals surface area contributed by atoms with Crippen LogP contribution in [0.15, 0.2) is 36.6 Å². The third kappa shape index (κ3) is 3.78. The van der Waals surface area contributed by atoms with Crippen LogP contribution in [0.2, 0.25) is 0 Å². The third-order valence-electron chi connectivity index (χ3n) is 1.89. The van der Waals surface area contributed by atoms with Gasteiger partial charge in [-0.2, -0.15) is 0 Å². The number of hydrogen-bond acceptors (Lipinski definition) is 2. The summed E-state index contributed by atoms with van der Waals surface area (Å²) in [5, 5.41) is 0. The molecular weight excluding hydrogens is 186 g/mol. The van der Waals surface area contributed by atoms with Crippen molar-refractivity contribution in [1.82, 2.24) is 0 Å². The summed E-state index contributed by atoms with van der Waals surface area (Å²) in [6.07, 6.45) is 3.24. The number of methoxy groups -OCH3 is 1. The average Bonchev–Trinajstić information content (AvgIpc) is 2.25. The molecule has 15 heavy (non-hydrogen) atoms. The van der Waals surface area contributed by atoms with E-state index in [-0.39, 0.29) is 0 Å². The van der Waals surface area contributed by atoms with Gasteiger partial charge in [0.2, 0.25) is 0 Å². The van der Waals surface area contributed by atoms with E-state index in [1.165, 1.54) is 5.69 Å². The quantitative estimate of drug-likeness (QED) is 0.537. The first-order valence-electron chi connectivity index (χ1n) is 4.71. The van der Waals surface area contributed by atoms with E-state index < -0.39 is 0 Å². The van der Waals surface area contributed by atoms with E-state index in [0.29, 0.717) is 0 Å². The van der Waals surface area contributed by atoms with Crippen LogP contribution in [-0.4, -0.2) is 21.2 Å². The van der Waals surface area contributed by atoms with E-state index in [4.69, 9.17) is 4.74 Å². The summed E-state index contributed by atoms with van der Waals surface area (Å²) in [5.41, 5.74) is 2.18. The second kappa shape index (κ2) is 5.77. The van der Waals surface area contributed by atoms with Crippen LogP contribution in [0.4, 0.5) is 5.69 Å². The zero-order valence-corrected chi connectivity index (χ0v) is 9.32. The molecule has 0 fully saturated rings.